The van der Waals surface area contributed by atoms with E-state index in [4.69, 9.17) is 0 Å². The lowest BCUT2D eigenvalue weighted by molar-refractivity contribution is -0.143. The minimum absolute atomic E-state index is 0.0891. The highest BCUT2D eigenvalue weighted by Gasteiger charge is 2.49. The molecule has 22 heavy (non-hydrogen) atoms. The molecule has 0 spiro atoms. The number of piperidine rings is 1. The number of aliphatic hydroxyl groups excluding tert-OH is 1. The SMILES string of the molecule is CCC1(CC)CC(=O)N(CC(O)CN2CCC(C)CC2)C1=O. The number of carbonyl (C=O) groups excluding carboxylic acids is 2. The summed E-state index contributed by atoms with van der Waals surface area (Å²) < 4.78 is 0. The standard InChI is InChI=1S/C17H30N2O3/c1-4-17(5-2)10-15(21)19(16(17)22)12-14(20)11-18-8-6-13(3)7-9-18/h13-14,20H,4-12H2,1-3H3. The fourth-order valence-corrected chi connectivity index (χ4v) is 3.66. The maximum Gasteiger partial charge on any atom is 0.235 e. The Morgan fingerprint density at radius 1 is 1.18 bits per heavy atom. The Hall–Kier alpha value is -0.940. The third-order valence-corrected chi connectivity index (χ3v) is 5.58. The normalized spacial score (nSPS) is 25.0. The highest BCUT2D eigenvalue weighted by Crippen LogP contribution is 2.39. The maximum absolute atomic E-state index is 12.6. The fourth-order valence-electron chi connectivity index (χ4n) is 3.66. The zero-order chi connectivity index (χ0) is 16.3. The Morgan fingerprint density at radius 2 is 1.77 bits per heavy atom. The molecule has 2 aliphatic rings. The first-order chi connectivity index (χ1) is 10.4. The molecule has 0 bridgehead atoms. The van der Waals surface area contributed by atoms with Gasteiger partial charge in [0.1, 0.15) is 0 Å². The van der Waals surface area contributed by atoms with Crippen LogP contribution in [0, 0.1) is 11.3 Å². The molecule has 5 heteroatoms. The molecule has 2 rings (SSSR count). The van der Waals surface area contributed by atoms with Gasteiger partial charge in [-0.1, -0.05) is 20.8 Å². The second-order valence-electron chi connectivity index (χ2n) is 7.11. The van der Waals surface area contributed by atoms with Gasteiger partial charge in [-0.05, 0) is 44.7 Å². The number of carbonyl (C=O) groups is 2. The van der Waals surface area contributed by atoms with Crippen LogP contribution >= 0.6 is 0 Å². The van der Waals surface area contributed by atoms with E-state index in [0.29, 0.717) is 25.8 Å². The van der Waals surface area contributed by atoms with E-state index in [1.165, 1.54) is 4.90 Å². The molecule has 5 nitrogen and oxygen atoms in total. The summed E-state index contributed by atoms with van der Waals surface area (Å²) in [5.41, 5.74) is -0.530. The van der Waals surface area contributed by atoms with Crippen molar-refractivity contribution >= 4 is 11.8 Å². The van der Waals surface area contributed by atoms with Crippen LogP contribution in [0.25, 0.3) is 0 Å². The summed E-state index contributed by atoms with van der Waals surface area (Å²) >= 11 is 0. The Kier molecular flexibility index (Phi) is 5.61. The van der Waals surface area contributed by atoms with E-state index >= 15 is 0 Å². The van der Waals surface area contributed by atoms with Crippen molar-refractivity contribution in [2.45, 2.75) is 59.0 Å². The summed E-state index contributed by atoms with van der Waals surface area (Å²) in [6, 6.07) is 0. The van der Waals surface area contributed by atoms with Crippen LogP contribution in [-0.2, 0) is 9.59 Å². The van der Waals surface area contributed by atoms with E-state index in [-0.39, 0.29) is 18.4 Å². The number of imide groups is 1. The minimum atomic E-state index is -0.647. The van der Waals surface area contributed by atoms with E-state index in [1.54, 1.807) is 0 Å². The van der Waals surface area contributed by atoms with Crippen molar-refractivity contribution < 1.29 is 14.7 Å². The highest BCUT2D eigenvalue weighted by molar-refractivity contribution is 6.05. The van der Waals surface area contributed by atoms with Crippen LogP contribution in [-0.4, -0.2) is 59.0 Å². The smallest absolute Gasteiger partial charge is 0.235 e. The molecule has 1 N–H and O–H groups in total. The van der Waals surface area contributed by atoms with E-state index in [1.807, 2.05) is 13.8 Å². The van der Waals surface area contributed by atoms with Crippen molar-refractivity contribution in [3.8, 4) is 0 Å². The van der Waals surface area contributed by atoms with Crippen molar-refractivity contribution in [3.63, 3.8) is 0 Å². The van der Waals surface area contributed by atoms with Crippen LogP contribution in [0.4, 0.5) is 0 Å². The monoisotopic (exact) mass is 310 g/mol. The van der Waals surface area contributed by atoms with E-state index in [9.17, 15) is 14.7 Å². The van der Waals surface area contributed by atoms with Crippen molar-refractivity contribution in [3.05, 3.63) is 0 Å². The molecule has 0 saturated carbocycles. The lowest BCUT2D eigenvalue weighted by atomic mass is 9.81. The fraction of sp³-hybridized carbons (Fsp3) is 0.882. The van der Waals surface area contributed by atoms with Crippen molar-refractivity contribution in [2.75, 3.05) is 26.2 Å². The van der Waals surface area contributed by atoms with Gasteiger partial charge in [0.05, 0.1) is 18.1 Å². The third kappa shape index (κ3) is 3.51. The Labute approximate surface area is 133 Å². The van der Waals surface area contributed by atoms with E-state index in [0.717, 1.165) is 31.8 Å². The second kappa shape index (κ2) is 7.09. The number of β-amino-alcohol motifs (C(OH)–C–C–N with tert-alkyl or cyclic N) is 1. The van der Waals surface area contributed by atoms with Gasteiger partial charge in [-0.3, -0.25) is 14.5 Å². The average molecular weight is 310 g/mol. The number of aliphatic hydroxyl groups is 1. The van der Waals surface area contributed by atoms with Gasteiger partial charge < -0.3 is 10.0 Å². The van der Waals surface area contributed by atoms with E-state index < -0.39 is 11.5 Å². The minimum Gasteiger partial charge on any atom is -0.390 e. The first kappa shape index (κ1) is 17.4. The maximum atomic E-state index is 12.6. The molecular weight excluding hydrogens is 280 g/mol. The van der Waals surface area contributed by atoms with Crippen molar-refractivity contribution in [2.24, 2.45) is 11.3 Å². The van der Waals surface area contributed by atoms with Crippen LogP contribution in [0.1, 0.15) is 52.9 Å². The number of rotatable bonds is 6. The zero-order valence-corrected chi connectivity index (χ0v) is 14.2. The van der Waals surface area contributed by atoms with E-state index in [2.05, 4.69) is 11.8 Å². The van der Waals surface area contributed by atoms with Gasteiger partial charge in [-0.15, -0.1) is 0 Å². The molecule has 2 fully saturated rings. The van der Waals surface area contributed by atoms with Gasteiger partial charge in [0.2, 0.25) is 11.8 Å². The Morgan fingerprint density at radius 3 is 2.27 bits per heavy atom. The van der Waals surface area contributed by atoms with Crippen LogP contribution < -0.4 is 0 Å². The molecule has 2 aliphatic heterocycles. The third-order valence-electron chi connectivity index (χ3n) is 5.58. The van der Waals surface area contributed by atoms with Crippen LogP contribution in [0.3, 0.4) is 0 Å². The topological polar surface area (TPSA) is 60.9 Å². The lowest BCUT2D eigenvalue weighted by Gasteiger charge is -2.32. The van der Waals surface area contributed by atoms with Crippen molar-refractivity contribution in [1.82, 2.24) is 9.80 Å². The van der Waals surface area contributed by atoms with Crippen LogP contribution in [0.2, 0.25) is 0 Å². The molecule has 126 valence electrons. The summed E-state index contributed by atoms with van der Waals surface area (Å²) in [6.07, 6.45) is 3.33. The Bertz CT molecular complexity index is 412. The predicted octanol–water partition coefficient (Wildman–Crippen LogP) is 1.64. The molecule has 0 radical (unpaired) electrons. The first-order valence-corrected chi connectivity index (χ1v) is 8.67. The molecule has 0 aromatic heterocycles. The van der Waals surface area contributed by atoms with Gasteiger partial charge >= 0.3 is 0 Å². The molecule has 0 aromatic carbocycles. The Balaban J connectivity index is 1.90. The summed E-state index contributed by atoms with van der Waals surface area (Å²) in [7, 11) is 0. The summed E-state index contributed by atoms with van der Waals surface area (Å²) in [5.74, 6) is 0.540. The molecular formula is C17H30N2O3. The molecule has 2 amide bonds. The largest absolute Gasteiger partial charge is 0.390 e. The highest BCUT2D eigenvalue weighted by atomic mass is 16.3. The first-order valence-electron chi connectivity index (χ1n) is 8.67. The number of nitrogens with zero attached hydrogens (tertiary/aromatic N) is 2. The number of hydrogen-bond acceptors (Lipinski definition) is 4. The van der Waals surface area contributed by atoms with Crippen LogP contribution in [0.15, 0.2) is 0 Å². The van der Waals surface area contributed by atoms with Gasteiger partial charge in [-0.25, -0.2) is 0 Å². The molecule has 2 saturated heterocycles. The summed E-state index contributed by atoms with van der Waals surface area (Å²) in [6.45, 7) is 8.86. The number of likely N-dealkylation sites (tertiary alicyclic amines) is 2. The van der Waals surface area contributed by atoms with Gasteiger partial charge in [0.15, 0.2) is 0 Å². The lowest BCUT2D eigenvalue weighted by Crippen LogP contribution is -2.45. The zero-order valence-electron chi connectivity index (χ0n) is 14.2. The number of amides is 2. The summed E-state index contributed by atoms with van der Waals surface area (Å²) in [4.78, 5) is 28.3. The van der Waals surface area contributed by atoms with Gasteiger partial charge in [-0.2, -0.15) is 0 Å². The molecule has 1 unspecified atom stereocenters. The quantitative estimate of drug-likeness (QED) is 0.758. The number of hydrogen-bond donors (Lipinski definition) is 1. The summed E-state index contributed by atoms with van der Waals surface area (Å²) in [5, 5.41) is 10.3. The second-order valence-corrected chi connectivity index (χ2v) is 7.11. The van der Waals surface area contributed by atoms with Crippen molar-refractivity contribution in [1.29, 1.82) is 0 Å². The van der Waals surface area contributed by atoms with Gasteiger partial charge in [0.25, 0.3) is 0 Å². The molecule has 0 aromatic rings. The average Bonchev–Trinajstić information content (AvgIpc) is 2.74. The predicted molar refractivity (Wildman–Crippen MR) is 85.2 cm³/mol. The molecule has 0 aliphatic carbocycles. The molecule has 1 atom stereocenters. The van der Waals surface area contributed by atoms with Crippen LogP contribution in [0.5, 0.6) is 0 Å². The van der Waals surface area contributed by atoms with Gasteiger partial charge in [0, 0.05) is 13.0 Å². The molecule has 2 heterocycles.